The van der Waals surface area contributed by atoms with Gasteiger partial charge >= 0.3 is 0 Å². The number of methoxy groups -OCH3 is 1. The Labute approximate surface area is 211 Å². The third-order valence-corrected chi connectivity index (χ3v) is 6.23. The molecule has 0 bridgehead atoms. The second-order valence-electron chi connectivity index (χ2n) is 8.69. The van der Waals surface area contributed by atoms with Gasteiger partial charge in [-0.3, -0.25) is 9.69 Å². The van der Waals surface area contributed by atoms with Crippen LogP contribution in [0.25, 0.3) is 10.9 Å². The molecule has 0 aliphatic rings. The van der Waals surface area contributed by atoms with E-state index < -0.39 is 0 Å². The number of H-pyrrole nitrogens is 1. The van der Waals surface area contributed by atoms with Gasteiger partial charge in [-0.05, 0) is 47.0 Å². The molecular weight excluding hydrogens is 448 g/mol. The molecule has 1 heterocycles. The van der Waals surface area contributed by atoms with E-state index in [1.165, 1.54) is 0 Å². The van der Waals surface area contributed by atoms with Crippen LogP contribution in [0.3, 0.4) is 0 Å². The third-order valence-electron chi connectivity index (χ3n) is 6.23. The molecular formula is C30H30N4O2. The van der Waals surface area contributed by atoms with Crippen molar-refractivity contribution in [2.24, 2.45) is 0 Å². The van der Waals surface area contributed by atoms with Gasteiger partial charge in [-0.1, -0.05) is 48.5 Å². The lowest BCUT2D eigenvalue weighted by molar-refractivity contribution is -0.122. The minimum Gasteiger partial charge on any atom is -0.497 e. The molecule has 3 aromatic carbocycles. The second kappa shape index (κ2) is 11.9. The molecule has 1 aromatic heterocycles. The molecule has 0 saturated carbocycles. The first-order valence-corrected chi connectivity index (χ1v) is 11.9. The summed E-state index contributed by atoms with van der Waals surface area (Å²) in [6.07, 6.45) is 3.81. The Bertz CT molecular complexity index is 1370. The highest BCUT2D eigenvalue weighted by atomic mass is 16.5. The van der Waals surface area contributed by atoms with Crippen molar-refractivity contribution in [2.75, 3.05) is 26.7 Å². The number of aromatic amines is 1. The quantitative estimate of drug-likeness (QED) is 0.298. The van der Waals surface area contributed by atoms with Crippen molar-refractivity contribution in [1.82, 2.24) is 15.2 Å². The summed E-state index contributed by atoms with van der Waals surface area (Å²) in [5.41, 5.74) is 4.88. The summed E-state index contributed by atoms with van der Waals surface area (Å²) in [5, 5.41) is 13.5. The zero-order chi connectivity index (χ0) is 25.3. The Morgan fingerprint density at radius 2 is 1.97 bits per heavy atom. The van der Waals surface area contributed by atoms with Crippen LogP contribution in [-0.4, -0.2) is 42.5 Å². The van der Waals surface area contributed by atoms with Crippen molar-refractivity contribution in [3.63, 3.8) is 0 Å². The number of nitriles is 1. The largest absolute Gasteiger partial charge is 0.497 e. The normalized spacial score (nSPS) is 11.7. The van der Waals surface area contributed by atoms with E-state index >= 15 is 0 Å². The summed E-state index contributed by atoms with van der Waals surface area (Å²) >= 11 is 0. The van der Waals surface area contributed by atoms with Gasteiger partial charge in [0, 0.05) is 42.7 Å². The van der Waals surface area contributed by atoms with E-state index in [9.17, 15) is 10.1 Å². The van der Waals surface area contributed by atoms with Gasteiger partial charge in [0.1, 0.15) is 5.75 Å². The van der Waals surface area contributed by atoms with E-state index in [1.54, 1.807) is 19.3 Å². The summed E-state index contributed by atoms with van der Waals surface area (Å²) in [6, 6.07) is 25.8. The first kappa shape index (κ1) is 24.8. The van der Waals surface area contributed by atoms with E-state index in [-0.39, 0.29) is 18.4 Å². The fourth-order valence-corrected chi connectivity index (χ4v) is 4.47. The average molecular weight is 479 g/mol. The molecule has 4 aromatic rings. The van der Waals surface area contributed by atoms with Crippen LogP contribution in [-0.2, 0) is 11.3 Å². The lowest BCUT2D eigenvalue weighted by atomic mass is 9.90. The summed E-state index contributed by atoms with van der Waals surface area (Å²) in [7, 11) is 1.65. The predicted octanol–water partition coefficient (Wildman–Crippen LogP) is 4.98. The topological polar surface area (TPSA) is 81.2 Å². The highest BCUT2D eigenvalue weighted by molar-refractivity contribution is 5.84. The SMILES string of the molecule is C=CCN(CC(=O)NCC(c1ccc(OC)cc1)c1c[nH]c2ccccc12)Cc1cccc(C#N)c1. The Kier molecular flexibility index (Phi) is 8.17. The van der Waals surface area contributed by atoms with Gasteiger partial charge in [0.15, 0.2) is 0 Å². The van der Waals surface area contributed by atoms with Gasteiger partial charge in [-0.25, -0.2) is 0 Å². The number of carbonyl (C=O) groups excluding carboxylic acids is 1. The fraction of sp³-hybridized carbons (Fsp3) is 0.200. The van der Waals surface area contributed by atoms with Crippen molar-refractivity contribution in [2.45, 2.75) is 12.5 Å². The minimum absolute atomic E-state index is 0.0313. The van der Waals surface area contributed by atoms with Crippen LogP contribution in [0.15, 0.2) is 91.6 Å². The first-order chi connectivity index (χ1) is 17.6. The molecule has 2 N–H and O–H groups in total. The van der Waals surface area contributed by atoms with Crippen LogP contribution < -0.4 is 10.1 Å². The summed E-state index contributed by atoms with van der Waals surface area (Å²) < 4.78 is 5.33. The number of nitrogens with one attached hydrogen (secondary N) is 2. The van der Waals surface area contributed by atoms with Crippen LogP contribution in [0.1, 0.15) is 28.2 Å². The molecule has 6 nitrogen and oxygen atoms in total. The lowest BCUT2D eigenvalue weighted by Crippen LogP contribution is -2.38. The number of amides is 1. The van der Waals surface area contributed by atoms with Crippen LogP contribution in [0.4, 0.5) is 0 Å². The number of ether oxygens (including phenoxy) is 1. The molecule has 4 rings (SSSR count). The van der Waals surface area contributed by atoms with Crippen molar-refractivity contribution in [3.05, 3.63) is 114 Å². The van der Waals surface area contributed by atoms with Gasteiger partial charge in [-0.2, -0.15) is 5.26 Å². The molecule has 1 atom stereocenters. The lowest BCUT2D eigenvalue weighted by Gasteiger charge is -2.22. The van der Waals surface area contributed by atoms with E-state index in [0.29, 0.717) is 25.2 Å². The van der Waals surface area contributed by atoms with Crippen molar-refractivity contribution >= 4 is 16.8 Å². The van der Waals surface area contributed by atoms with Crippen molar-refractivity contribution < 1.29 is 9.53 Å². The number of aromatic nitrogens is 1. The van der Waals surface area contributed by atoms with Gasteiger partial charge < -0.3 is 15.0 Å². The Morgan fingerprint density at radius 3 is 2.72 bits per heavy atom. The van der Waals surface area contributed by atoms with E-state index in [2.05, 4.69) is 35.1 Å². The van der Waals surface area contributed by atoms with Crippen molar-refractivity contribution in [3.8, 4) is 11.8 Å². The number of hydrogen-bond donors (Lipinski definition) is 2. The Morgan fingerprint density at radius 1 is 1.17 bits per heavy atom. The van der Waals surface area contributed by atoms with Gasteiger partial charge in [0.05, 0.1) is 25.3 Å². The smallest absolute Gasteiger partial charge is 0.234 e. The van der Waals surface area contributed by atoms with Crippen LogP contribution in [0, 0.1) is 11.3 Å². The maximum Gasteiger partial charge on any atom is 0.234 e. The minimum atomic E-state index is -0.0633. The zero-order valence-electron chi connectivity index (χ0n) is 20.4. The predicted molar refractivity (Wildman–Crippen MR) is 143 cm³/mol. The summed E-state index contributed by atoms with van der Waals surface area (Å²) in [6.45, 7) is 5.64. The second-order valence-corrected chi connectivity index (χ2v) is 8.69. The number of benzene rings is 3. The van der Waals surface area contributed by atoms with Crippen LogP contribution in [0.5, 0.6) is 5.75 Å². The van der Waals surface area contributed by atoms with Gasteiger partial charge in [0.25, 0.3) is 0 Å². The fourth-order valence-electron chi connectivity index (χ4n) is 4.47. The number of fused-ring (bicyclic) bond motifs is 1. The maximum atomic E-state index is 13.0. The maximum absolute atomic E-state index is 13.0. The summed E-state index contributed by atoms with van der Waals surface area (Å²) in [5.74, 6) is 0.698. The molecule has 1 unspecified atom stereocenters. The molecule has 0 spiro atoms. The molecule has 0 aliphatic heterocycles. The first-order valence-electron chi connectivity index (χ1n) is 11.9. The molecule has 1 amide bonds. The highest BCUT2D eigenvalue weighted by Crippen LogP contribution is 2.31. The highest BCUT2D eigenvalue weighted by Gasteiger charge is 2.20. The van der Waals surface area contributed by atoms with Gasteiger partial charge in [0.2, 0.25) is 5.91 Å². The van der Waals surface area contributed by atoms with E-state index in [1.807, 2.05) is 65.7 Å². The molecule has 0 radical (unpaired) electrons. The molecule has 0 saturated heterocycles. The molecule has 6 heteroatoms. The number of nitrogens with zero attached hydrogens (tertiary/aromatic N) is 2. The monoisotopic (exact) mass is 478 g/mol. The number of carbonyl (C=O) groups is 1. The van der Waals surface area contributed by atoms with Gasteiger partial charge in [-0.15, -0.1) is 6.58 Å². The molecule has 0 aliphatic carbocycles. The van der Waals surface area contributed by atoms with E-state index in [0.717, 1.165) is 33.3 Å². The Balaban J connectivity index is 1.50. The van der Waals surface area contributed by atoms with Crippen molar-refractivity contribution in [1.29, 1.82) is 5.26 Å². The third kappa shape index (κ3) is 6.01. The van der Waals surface area contributed by atoms with Crippen LogP contribution >= 0.6 is 0 Å². The zero-order valence-corrected chi connectivity index (χ0v) is 20.4. The molecule has 36 heavy (non-hydrogen) atoms. The van der Waals surface area contributed by atoms with E-state index in [4.69, 9.17) is 4.74 Å². The molecule has 182 valence electrons. The average Bonchev–Trinajstić information content (AvgIpc) is 3.33. The standard InChI is InChI=1S/C30H30N4O2/c1-3-15-34(20-23-8-6-7-22(16-23)17-31)21-30(35)33-18-27(24-11-13-25(36-2)14-12-24)28-19-32-29-10-5-4-9-26(28)29/h3-14,16,19,27,32H,1,15,18,20-21H2,2H3,(H,33,35). The number of rotatable bonds is 11. The Hall–Kier alpha value is -4.34. The summed E-state index contributed by atoms with van der Waals surface area (Å²) in [4.78, 5) is 18.4. The number of hydrogen-bond acceptors (Lipinski definition) is 4. The number of para-hydroxylation sites is 1. The van der Waals surface area contributed by atoms with Crippen LogP contribution in [0.2, 0.25) is 0 Å². The molecule has 0 fully saturated rings.